The summed E-state index contributed by atoms with van der Waals surface area (Å²) in [6, 6.07) is 13.8. The zero-order chi connectivity index (χ0) is 19.4. The largest absolute Gasteiger partial charge is 0.497 e. The smallest absolute Gasteiger partial charge is 0.252 e. The molecule has 7 nitrogen and oxygen atoms in total. The number of ether oxygens (including phenoxy) is 1. The average molecular weight is 365 g/mol. The van der Waals surface area contributed by atoms with Gasteiger partial charge >= 0.3 is 0 Å². The molecule has 0 bridgehead atoms. The average Bonchev–Trinajstić information content (AvgIpc) is 2.63. The normalized spacial score (nSPS) is 10.4. The summed E-state index contributed by atoms with van der Waals surface area (Å²) >= 11 is 0. The van der Waals surface area contributed by atoms with Crippen LogP contribution in [0.15, 0.2) is 53.3 Å². The molecule has 0 aliphatic rings. The van der Waals surface area contributed by atoms with Gasteiger partial charge in [-0.15, -0.1) is 0 Å². The molecule has 2 amide bonds. The van der Waals surface area contributed by atoms with E-state index in [-0.39, 0.29) is 23.8 Å². The molecule has 27 heavy (non-hydrogen) atoms. The predicted molar refractivity (Wildman–Crippen MR) is 104 cm³/mol. The molecular weight excluding hydrogens is 346 g/mol. The van der Waals surface area contributed by atoms with Crippen LogP contribution < -0.4 is 20.9 Å². The molecule has 0 atom stereocenters. The second-order valence-electron chi connectivity index (χ2n) is 6.06. The summed E-state index contributed by atoms with van der Waals surface area (Å²) in [5.74, 6) is 0.173. The maximum absolute atomic E-state index is 12.3. The number of methoxy groups -OCH3 is 1. The molecule has 3 aromatic rings. The molecule has 0 radical (unpaired) electrons. The number of fused-ring (bicyclic) bond motifs is 1. The Kier molecular flexibility index (Phi) is 5.21. The Balaban J connectivity index is 1.72. The number of aromatic nitrogens is 1. The van der Waals surface area contributed by atoms with Crippen LogP contribution in [0, 0.1) is 0 Å². The summed E-state index contributed by atoms with van der Waals surface area (Å²) in [6.45, 7) is 1.42. The molecule has 2 aromatic carbocycles. The third-order valence-corrected chi connectivity index (χ3v) is 3.97. The first-order chi connectivity index (χ1) is 12.9. The molecule has 0 unspecified atom stereocenters. The molecule has 138 valence electrons. The lowest BCUT2D eigenvalue weighted by Crippen LogP contribution is -2.21. The number of hydrogen-bond donors (Lipinski definition) is 3. The number of carbonyl (C=O) groups is 2. The first-order valence-electron chi connectivity index (χ1n) is 8.32. The van der Waals surface area contributed by atoms with E-state index in [0.29, 0.717) is 28.2 Å². The third kappa shape index (κ3) is 4.52. The van der Waals surface area contributed by atoms with Crippen LogP contribution in [0.3, 0.4) is 0 Å². The van der Waals surface area contributed by atoms with Gasteiger partial charge in [0.2, 0.25) is 11.8 Å². The highest BCUT2D eigenvalue weighted by Crippen LogP contribution is 2.19. The fourth-order valence-corrected chi connectivity index (χ4v) is 2.70. The number of nitrogens with one attached hydrogen (secondary N) is 3. The monoisotopic (exact) mass is 365 g/mol. The molecule has 0 aliphatic heterocycles. The van der Waals surface area contributed by atoms with Crippen LogP contribution in [0.25, 0.3) is 10.9 Å². The SMILES string of the molecule is COc1ccc2cc(CC(=O)Nc3ccc(NC(C)=O)cc3)c(=O)[nH]c2c1. The van der Waals surface area contributed by atoms with Crippen molar-refractivity contribution in [3.63, 3.8) is 0 Å². The lowest BCUT2D eigenvalue weighted by atomic mass is 10.1. The number of amides is 2. The van der Waals surface area contributed by atoms with E-state index in [2.05, 4.69) is 15.6 Å². The Morgan fingerprint density at radius 3 is 2.30 bits per heavy atom. The Hall–Kier alpha value is -3.61. The molecule has 1 heterocycles. The van der Waals surface area contributed by atoms with Crippen LogP contribution in [0.2, 0.25) is 0 Å². The minimum absolute atomic E-state index is 0.0508. The summed E-state index contributed by atoms with van der Waals surface area (Å²) < 4.78 is 5.14. The van der Waals surface area contributed by atoms with E-state index in [9.17, 15) is 14.4 Å². The highest BCUT2D eigenvalue weighted by Gasteiger charge is 2.10. The molecule has 3 N–H and O–H groups in total. The van der Waals surface area contributed by atoms with Gasteiger partial charge in [0.25, 0.3) is 5.56 Å². The van der Waals surface area contributed by atoms with Crippen molar-refractivity contribution >= 4 is 34.1 Å². The highest BCUT2D eigenvalue weighted by molar-refractivity contribution is 5.94. The molecule has 0 aliphatic carbocycles. The van der Waals surface area contributed by atoms with Crippen molar-refractivity contribution in [3.05, 3.63) is 64.4 Å². The van der Waals surface area contributed by atoms with Gasteiger partial charge in [0.1, 0.15) is 5.75 Å². The van der Waals surface area contributed by atoms with Crippen LogP contribution in [0.4, 0.5) is 11.4 Å². The molecule has 1 aromatic heterocycles. The molecule has 0 fully saturated rings. The van der Waals surface area contributed by atoms with E-state index in [1.54, 1.807) is 49.6 Å². The molecule has 0 saturated heterocycles. The maximum atomic E-state index is 12.3. The summed E-state index contributed by atoms with van der Waals surface area (Å²) in [4.78, 5) is 38.3. The van der Waals surface area contributed by atoms with Crippen molar-refractivity contribution in [1.82, 2.24) is 4.98 Å². The minimum atomic E-state index is -0.313. The second-order valence-corrected chi connectivity index (χ2v) is 6.06. The highest BCUT2D eigenvalue weighted by atomic mass is 16.5. The summed E-state index contributed by atoms with van der Waals surface area (Å²) in [5.41, 5.74) is 1.93. The van der Waals surface area contributed by atoms with Crippen LogP contribution in [-0.2, 0) is 16.0 Å². The molecule has 3 rings (SSSR count). The molecule has 0 saturated carbocycles. The number of pyridine rings is 1. The quantitative estimate of drug-likeness (QED) is 0.647. The Morgan fingerprint density at radius 2 is 1.67 bits per heavy atom. The lowest BCUT2D eigenvalue weighted by molar-refractivity contribution is -0.116. The minimum Gasteiger partial charge on any atom is -0.497 e. The second kappa shape index (κ2) is 7.74. The van der Waals surface area contributed by atoms with Crippen molar-refractivity contribution < 1.29 is 14.3 Å². The Bertz CT molecular complexity index is 1060. The van der Waals surface area contributed by atoms with Gasteiger partial charge in [-0.05, 0) is 47.9 Å². The number of hydrogen-bond acceptors (Lipinski definition) is 4. The van der Waals surface area contributed by atoms with Crippen LogP contribution in [0.5, 0.6) is 5.75 Å². The predicted octanol–water partition coefficient (Wildman–Crippen LogP) is 2.68. The number of carbonyl (C=O) groups excluding carboxylic acids is 2. The lowest BCUT2D eigenvalue weighted by Gasteiger charge is -2.08. The van der Waals surface area contributed by atoms with E-state index in [0.717, 1.165) is 5.39 Å². The number of anilines is 2. The zero-order valence-electron chi connectivity index (χ0n) is 15.0. The topological polar surface area (TPSA) is 100 Å². The fourth-order valence-electron chi connectivity index (χ4n) is 2.70. The summed E-state index contributed by atoms with van der Waals surface area (Å²) in [7, 11) is 1.56. The van der Waals surface area contributed by atoms with Crippen LogP contribution in [-0.4, -0.2) is 23.9 Å². The van der Waals surface area contributed by atoms with Gasteiger partial charge in [0.15, 0.2) is 0 Å². The van der Waals surface area contributed by atoms with E-state index in [1.165, 1.54) is 6.92 Å². The Morgan fingerprint density at radius 1 is 1.00 bits per heavy atom. The summed E-state index contributed by atoms with van der Waals surface area (Å²) in [6.07, 6.45) is -0.0508. The molecule has 7 heteroatoms. The van der Waals surface area contributed by atoms with Crippen LogP contribution in [0.1, 0.15) is 12.5 Å². The third-order valence-electron chi connectivity index (χ3n) is 3.97. The molecule has 0 spiro atoms. The summed E-state index contributed by atoms with van der Waals surface area (Å²) in [5, 5.41) is 6.21. The van der Waals surface area contributed by atoms with Crippen molar-refractivity contribution in [1.29, 1.82) is 0 Å². The van der Waals surface area contributed by atoms with Gasteiger partial charge < -0.3 is 20.4 Å². The number of H-pyrrole nitrogens is 1. The van der Waals surface area contributed by atoms with Gasteiger partial charge in [-0.25, -0.2) is 0 Å². The van der Waals surface area contributed by atoms with Gasteiger partial charge in [-0.2, -0.15) is 0 Å². The van der Waals surface area contributed by atoms with Gasteiger partial charge in [-0.1, -0.05) is 0 Å². The maximum Gasteiger partial charge on any atom is 0.252 e. The van der Waals surface area contributed by atoms with Crippen molar-refractivity contribution in [2.75, 3.05) is 17.7 Å². The van der Waals surface area contributed by atoms with E-state index >= 15 is 0 Å². The number of aromatic amines is 1. The van der Waals surface area contributed by atoms with Crippen molar-refractivity contribution in [2.45, 2.75) is 13.3 Å². The number of rotatable bonds is 5. The number of benzene rings is 2. The van der Waals surface area contributed by atoms with Crippen LogP contribution >= 0.6 is 0 Å². The van der Waals surface area contributed by atoms with E-state index in [1.807, 2.05) is 6.07 Å². The van der Waals surface area contributed by atoms with Gasteiger partial charge in [-0.3, -0.25) is 14.4 Å². The van der Waals surface area contributed by atoms with Gasteiger partial charge in [0.05, 0.1) is 19.0 Å². The van der Waals surface area contributed by atoms with Crippen molar-refractivity contribution in [3.8, 4) is 5.75 Å². The van der Waals surface area contributed by atoms with E-state index in [4.69, 9.17) is 4.74 Å². The first kappa shape index (κ1) is 18.2. The van der Waals surface area contributed by atoms with Gasteiger partial charge in [0, 0.05) is 29.9 Å². The van der Waals surface area contributed by atoms with E-state index < -0.39 is 0 Å². The first-order valence-corrected chi connectivity index (χ1v) is 8.32. The molecular formula is C20H19N3O4. The standard InChI is InChI=1S/C20H19N3O4/c1-12(24)21-15-4-6-16(7-5-15)22-19(25)10-14-9-13-3-8-17(27-2)11-18(13)23-20(14)26/h3-9,11H,10H2,1-2H3,(H,21,24)(H,22,25)(H,23,26). The van der Waals surface area contributed by atoms with Crippen molar-refractivity contribution in [2.24, 2.45) is 0 Å². The fraction of sp³-hybridized carbons (Fsp3) is 0.150. The zero-order valence-corrected chi connectivity index (χ0v) is 15.0. The Labute approximate surface area is 155 Å².